The summed E-state index contributed by atoms with van der Waals surface area (Å²) in [4.78, 5) is 12.5. The highest BCUT2D eigenvalue weighted by Crippen LogP contribution is 2.33. The molecule has 1 aromatic rings. The zero-order valence-corrected chi connectivity index (χ0v) is 12.4. The number of rotatable bonds is 3. The van der Waals surface area contributed by atoms with Gasteiger partial charge in [-0.15, -0.1) is 0 Å². The van der Waals surface area contributed by atoms with Crippen molar-refractivity contribution in [3.05, 3.63) is 35.4 Å². The zero-order chi connectivity index (χ0) is 13.8. The van der Waals surface area contributed by atoms with Crippen LogP contribution in [0.2, 0.25) is 0 Å². The van der Waals surface area contributed by atoms with Crippen LogP contribution in [0.25, 0.3) is 0 Å². The van der Waals surface area contributed by atoms with Crippen LogP contribution in [-0.4, -0.2) is 5.78 Å². The van der Waals surface area contributed by atoms with Gasteiger partial charge in [-0.1, -0.05) is 62.8 Å². The van der Waals surface area contributed by atoms with Crippen LogP contribution in [0.3, 0.4) is 0 Å². The van der Waals surface area contributed by atoms with Crippen LogP contribution >= 0.6 is 0 Å². The third-order valence-electron chi connectivity index (χ3n) is 5.25. The molecule has 0 amide bonds. The van der Waals surface area contributed by atoms with Gasteiger partial charge in [0.25, 0.3) is 0 Å². The molecular weight excluding hydrogens is 244 g/mol. The summed E-state index contributed by atoms with van der Waals surface area (Å²) < 4.78 is 0. The number of carbonyl (C=O) groups is 1. The SMILES string of the molecule is O=C(c1ccc(C2CCCCC2)cc1)C1CCCCC1. The summed E-state index contributed by atoms with van der Waals surface area (Å²) >= 11 is 0. The van der Waals surface area contributed by atoms with E-state index in [1.807, 2.05) is 0 Å². The third kappa shape index (κ3) is 3.13. The number of ketones is 1. The van der Waals surface area contributed by atoms with Crippen molar-refractivity contribution in [2.24, 2.45) is 5.92 Å². The molecule has 0 aromatic heterocycles. The van der Waals surface area contributed by atoms with Gasteiger partial charge >= 0.3 is 0 Å². The monoisotopic (exact) mass is 270 g/mol. The zero-order valence-electron chi connectivity index (χ0n) is 12.4. The Morgan fingerprint density at radius 2 is 1.30 bits per heavy atom. The van der Waals surface area contributed by atoms with Gasteiger partial charge in [-0.25, -0.2) is 0 Å². The second-order valence-electron chi connectivity index (χ2n) is 6.66. The predicted molar refractivity (Wildman–Crippen MR) is 83.2 cm³/mol. The molecular formula is C19H26O. The van der Waals surface area contributed by atoms with Crippen LogP contribution < -0.4 is 0 Å². The Balaban J connectivity index is 1.67. The van der Waals surface area contributed by atoms with E-state index in [1.165, 1.54) is 56.9 Å². The van der Waals surface area contributed by atoms with Gasteiger partial charge in [0, 0.05) is 11.5 Å². The Bertz CT molecular complexity index is 433. The van der Waals surface area contributed by atoms with E-state index >= 15 is 0 Å². The topological polar surface area (TPSA) is 17.1 Å². The van der Waals surface area contributed by atoms with Crippen LogP contribution in [0.1, 0.15) is 86.0 Å². The first-order valence-electron chi connectivity index (χ1n) is 8.49. The lowest BCUT2D eigenvalue weighted by Gasteiger charge is -2.23. The minimum atomic E-state index is 0.296. The van der Waals surface area contributed by atoms with Crippen molar-refractivity contribution in [1.82, 2.24) is 0 Å². The van der Waals surface area contributed by atoms with Gasteiger partial charge in [-0.05, 0) is 37.2 Å². The van der Waals surface area contributed by atoms with Crippen molar-refractivity contribution in [3.8, 4) is 0 Å². The predicted octanol–water partition coefficient (Wildman–Crippen LogP) is 5.50. The van der Waals surface area contributed by atoms with Gasteiger partial charge in [0.1, 0.15) is 0 Å². The molecule has 0 saturated heterocycles. The van der Waals surface area contributed by atoms with Gasteiger partial charge in [0.05, 0.1) is 0 Å². The molecule has 2 saturated carbocycles. The molecule has 0 aliphatic heterocycles. The van der Waals surface area contributed by atoms with Crippen LogP contribution in [0.5, 0.6) is 0 Å². The quantitative estimate of drug-likeness (QED) is 0.663. The van der Waals surface area contributed by atoms with Crippen molar-refractivity contribution in [3.63, 3.8) is 0 Å². The molecule has 0 bridgehead atoms. The summed E-state index contributed by atoms with van der Waals surface area (Å²) in [5.74, 6) is 1.42. The second kappa shape index (κ2) is 6.56. The van der Waals surface area contributed by atoms with Crippen molar-refractivity contribution >= 4 is 5.78 Å². The minimum absolute atomic E-state index is 0.296. The molecule has 1 nitrogen and oxygen atoms in total. The molecule has 0 atom stereocenters. The fraction of sp³-hybridized carbons (Fsp3) is 0.632. The van der Waals surface area contributed by atoms with E-state index in [-0.39, 0.29) is 0 Å². The first kappa shape index (κ1) is 13.9. The van der Waals surface area contributed by atoms with Crippen molar-refractivity contribution in [2.75, 3.05) is 0 Å². The maximum Gasteiger partial charge on any atom is 0.165 e. The normalized spacial score (nSPS) is 21.8. The van der Waals surface area contributed by atoms with E-state index in [9.17, 15) is 4.79 Å². The van der Waals surface area contributed by atoms with Crippen LogP contribution in [-0.2, 0) is 0 Å². The highest BCUT2D eigenvalue weighted by atomic mass is 16.1. The number of carbonyl (C=O) groups excluding carboxylic acids is 1. The Morgan fingerprint density at radius 3 is 1.90 bits per heavy atom. The minimum Gasteiger partial charge on any atom is -0.294 e. The van der Waals surface area contributed by atoms with Gasteiger partial charge in [0.2, 0.25) is 0 Å². The molecule has 20 heavy (non-hydrogen) atoms. The summed E-state index contributed by atoms with van der Waals surface area (Å²) in [5.41, 5.74) is 2.39. The van der Waals surface area contributed by atoms with E-state index in [0.717, 1.165) is 24.3 Å². The van der Waals surface area contributed by atoms with E-state index in [2.05, 4.69) is 24.3 Å². The molecule has 3 rings (SSSR count). The largest absolute Gasteiger partial charge is 0.294 e. The molecule has 108 valence electrons. The van der Waals surface area contributed by atoms with E-state index in [1.54, 1.807) is 0 Å². The van der Waals surface area contributed by atoms with E-state index < -0.39 is 0 Å². The van der Waals surface area contributed by atoms with Crippen LogP contribution in [0, 0.1) is 5.92 Å². The molecule has 2 aliphatic rings. The molecule has 0 N–H and O–H groups in total. The van der Waals surface area contributed by atoms with Crippen molar-refractivity contribution in [1.29, 1.82) is 0 Å². The molecule has 1 aromatic carbocycles. The van der Waals surface area contributed by atoms with Gasteiger partial charge in [-0.3, -0.25) is 4.79 Å². The van der Waals surface area contributed by atoms with Gasteiger partial charge in [-0.2, -0.15) is 0 Å². The Morgan fingerprint density at radius 1 is 0.750 bits per heavy atom. The summed E-state index contributed by atoms with van der Waals surface area (Å²) in [6, 6.07) is 8.60. The van der Waals surface area contributed by atoms with Crippen LogP contribution in [0.15, 0.2) is 24.3 Å². The standard InChI is InChI=1S/C19H26O/c20-19(17-9-5-2-6-10-17)18-13-11-16(12-14-18)15-7-3-1-4-8-15/h11-15,17H,1-10H2. The Hall–Kier alpha value is -1.11. The highest BCUT2D eigenvalue weighted by Gasteiger charge is 2.22. The second-order valence-corrected chi connectivity index (χ2v) is 6.66. The lowest BCUT2D eigenvalue weighted by atomic mass is 9.82. The molecule has 2 aliphatic carbocycles. The first-order valence-corrected chi connectivity index (χ1v) is 8.49. The lowest BCUT2D eigenvalue weighted by molar-refractivity contribution is 0.0889. The third-order valence-corrected chi connectivity index (χ3v) is 5.25. The maximum atomic E-state index is 12.5. The average Bonchev–Trinajstić information content (AvgIpc) is 2.56. The summed E-state index contributed by atoms with van der Waals surface area (Å²) in [5, 5.41) is 0. The lowest BCUT2D eigenvalue weighted by Crippen LogP contribution is -2.17. The summed E-state index contributed by atoms with van der Waals surface area (Å²) in [7, 11) is 0. The average molecular weight is 270 g/mol. The maximum absolute atomic E-state index is 12.5. The summed E-state index contributed by atoms with van der Waals surface area (Å²) in [6.07, 6.45) is 12.8. The summed E-state index contributed by atoms with van der Waals surface area (Å²) in [6.45, 7) is 0. The number of hydrogen-bond acceptors (Lipinski definition) is 1. The number of hydrogen-bond donors (Lipinski definition) is 0. The van der Waals surface area contributed by atoms with Crippen LogP contribution in [0.4, 0.5) is 0 Å². The molecule has 0 unspecified atom stereocenters. The number of benzene rings is 1. The highest BCUT2D eigenvalue weighted by molar-refractivity contribution is 5.97. The fourth-order valence-corrected chi connectivity index (χ4v) is 3.96. The molecule has 0 heterocycles. The molecule has 2 fully saturated rings. The Labute approximate surface area is 122 Å². The van der Waals surface area contributed by atoms with Crippen molar-refractivity contribution in [2.45, 2.75) is 70.1 Å². The number of Topliss-reactive ketones (excluding diaryl/α,β-unsaturated/α-hetero) is 1. The first-order chi connectivity index (χ1) is 9.84. The van der Waals surface area contributed by atoms with E-state index in [4.69, 9.17) is 0 Å². The van der Waals surface area contributed by atoms with E-state index in [0.29, 0.717) is 11.7 Å². The Kier molecular flexibility index (Phi) is 4.54. The van der Waals surface area contributed by atoms with Crippen molar-refractivity contribution < 1.29 is 4.79 Å². The fourth-order valence-electron chi connectivity index (χ4n) is 3.96. The van der Waals surface area contributed by atoms with Gasteiger partial charge in [0.15, 0.2) is 5.78 Å². The molecule has 0 radical (unpaired) electrons. The molecule has 0 spiro atoms. The van der Waals surface area contributed by atoms with Gasteiger partial charge < -0.3 is 0 Å². The smallest absolute Gasteiger partial charge is 0.165 e. The molecule has 1 heteroatoms.